The van der Waals surface area contributed by atoms with Crippen LogP contribution in [0, 0.1) is 5.82 Å². The average molecular weight is 387 g/mol. The van der Waals surface area contributed by atoms with E-state index in [2.05, 4.69) is 27.4 Å². The SMILES string of the molecule is Fc1c(Cl)ccc(-n2cc(C(F)(F)F)nn2)c1C1CCN2CC=CCC12. The van der Waals surface area contributed by atoms with Crippen molar-refractivity contribution in [2.75, 3.05) is 13.1 Å². The Morgan fingerprint density at radius 2 is 2.00 bits per heavy atom. The molecule has 2 aromatic rings. The van der Waals surface area contributed by atoms with E-state index in [1.54, 1.807) is 0 Å². The minimum atomic E-state index is -4.61. The van der Waals surface area contributed by atoms with Crippen molar-refractivity contribution in [3.8, 4) is 5.69 Å². The van der Waals surface area contributed by atoms with Crippen LogP contribution in [0.4, 0.5) is 17.6 Å². The lowest BCUT2D eigenvalue weighted by atomic mass is 9.87. The molecule has 0 amide bonds. The van der Waals surface area contributed by atoms with Crippen LogP contribution in [0.3, 0.4) is 0 Å². The summed E-state index contributed by atoms with van der Waals surface area (Å²) >= 11 is 5.98. The molecule has 1 aromatic carbocycles. The Bertz CT molecular complexity index is 861. The van der Waals surface area contributed by atoms with E-state index in [1.165, 1.54) is 12.1 Å². The summed E-state index contributed by atoms with van der Waals surface area (Å²) in [7, 11) is 0. The molecule has 4 nitrogen and oxygen atoms in total. The predicted molar refractivity (Wildman–Crippen MR) is 87.8 cm³/mol. The van der Waals surface area contributed by atoms with Crippen molar-refractivity contribution in [1.29, 1.82) is 0 Å². The van der Waals surface area contributed by atoms with Gasteiger partial charge < -0.3 is 0 Å². The number of fused-ring (bicyclic) bond motifs is 1. The molecule has 0 N–H and O–H groups in total. The van der Waals surface area contributed by atoms with Gasteiger partial charge in [0, 0.05) is 24.1 Å². The number of nitrogens with zero attached hydrogens (tertiary/aromatic N) is 4. The second kappa shape index (κ2) is 6.35. The molecule has 26 heavy (non-hydrogen) atoms. The third-order valence-electron chi connectivity index (χ3n) is 5.06. The molecule has 0 radical (unpaired) electrons. The molecule has 138 valence electrons. The van der Waals surface area contributed by atoms with Gasteiger partial charge in [0.1, 0.15) is 5.82 Å². The highest BCUT2D eigenvalue weighted by atomic mass is 35.5. The van der Waals surface area contributed by atoms with Crippen molar-refractivity contribution in [2.24, 2.45) is 0 Å². The van der Waals surface area contributed by atoms with E-state index in [9.17, 15) is 17.6 Å². The molecular weight excluding hydrogens is 372 g/mol. The van der Waals surface area contributed by atoms with Crippen molar-refractivity contribution in [2.45, 2.75) is 31.0 Å². The third kappa shape index (κ3) is 2.91. The zero-order valence-corrected chi connectivity index (χ0v) is 14.3. The summed E-state index contributed by atoms with van der Waals surface area (Å²) in [5, 5.41) is 6.69. The molecule has 1 fully saturated rings. The first kappa shape index (κ1) is 17.5. The van der Waals surface area contributed by atoms with Crippen LogP contribution in [0.5, 0.6) is 0 Å². The number of benzene rings is 1. The highest BCUT2D eigenvalue weighted by Crippen LogP contribution is 2.42. The number of aromatic nitrogens is 3. The minimum Gasteiger partial charge on any atom is -0.296 e. The molecule has 2 unspecified atom stereocenters. The number of hydrogen-bond donors (Lipinski definition) is 0. The van der Waals surface area contributed by atoms with Crippen molar-refractivity contribution in [3.05, 3.63) is 52.6 Å². The van der Waals surface area contributed by atoms with Crippen molar-refractivity contribution < 1.29 is 17.6 Å². The summed E-state index contributed by atoms with van der Waals surface area (Å²) in [6, 6.07) is 2.92. The molecule has 1 saturated heterocycles. The Hall–Kier alpha value is -1.93. The first-order valence-corrected chi connectivity index (χ1v) is 8.61. The number of rotatable bonds is 2. The third-order valence-corrected chi connectivity index (χ3v) is 5.35. The average Bonchev–Trinajstić information content (AvgIpc) is 3.24. The van der Waals surface area contributed by atoms with E-state index in [1.807, 2.05) is 0 Å². The van der Waals surface area contributed by atoms with Gasteiger partial charge in [0.05, 0.1) is 16.9 Å². The van der Waals surface area contributed by atoms with Crippen LogP contribution in [0.15, 0.2) is 30.5 Å². The Labute approximate surface area is 152 Å². The molecule has 2 aliphatic heterocycles. The Morgan fingerprint density at radius 1 is 1.19 bits per heavy atom. The monoisotopic (exact) mass is 386 g/mol. The molecular formula is C17H15ClF4N4. The summed E-state index contributed by atoms with van der Waals surface area (Å²) in [5.41, 5.74) is -0.567. The van der Waals surface area contributed by atoms with Crippen molar-refractivity contribution in [1.82, 2.24) is 19.9 Å². The lowest BCUT2D eigenvalue weighted by Crippen LogP contribution is -2.34. The van der Waals surface area contributed by atoms with Gasteiger partial charge in [-0.15, -0.1) is 5.10 Å². The van der Waals surface area contributed by atoms with Crippen molar-refractivity contribution >= 4 is 11.6 Å². The number of halogens is 5. The van der Waals surface area contributed by atoms with Gasteiger partial charge in [0.15, 0.2) is 5.69 Å². The summed E-state index contributed by atoms with van der Waals surface area (Å²) in [6.07, 6.45) is 1.76. The van der Waals surface area contributed by atoms with Crippen LogP contribution in [-0.2, 0) is 6.18 Å². The second-order valence-corrected chi connectivity index (χ2v) is 6.91. The molecule has 0 spiro atoms. The van der Waals surface area contributed by atoms with Gasteiger partial charge >= 0.3 is 6.18 Å². The van der Waals surface area contributed by atoms with E-state index in [0.717, 1.165) is 30.4 Å². The molecule has 0 saturated carbocycles. The van der Waals surface area contributed by atoms with Gasteiger partial charge in [-0.05, 0) is 31.5 Å². The smallest absolute Gasteiger partial charge is 0.296 e. The zero-order valence-electron chi connectivity index (χ0n) is 13.5. The highest BCUT2D eigenvalue weighted by molar-refractivity contribution is 6.30. The van der Waals surface area contributed by atoms with E-state index in [4.69, 9.17) is 11.6 Å². The maximum absolute atomic E-state index is 14.9. The largest absolute Gasteiger partial charge is 0.436 e. The molecule has 3 heterocycles. The summed E-state index contributed by atoms with van der Waals surface area (Å²) < 4.78 is 54.5. The number of hydrogen-bond acceptors (Lipinski definition) is 3. The van der Waals surface area contributed by atoms with Crippen LogP contribution < -0.4 is 0 Å². The van der Waals surface area contributed by atoms with Gasteiger partial charge in [-0.2, -0.15) is 13.2 Å². The summed E-state index contributed by atoms with van der Waals surface area (Å²) in [4.78, 5) is 2.25. The quantitative estimate of drug-likeness (QED) is 0.573. The van der Waals surface area contributed by atoms with Gasteiger partial charge in [-0.25, -0.2) is 9.07 Å². The van der Waals surface area contributed by atoms with Crippen molar-refractivity contribution in [3.63, 3.8) is 0 Å². The summed E-state index contributed by atoms with van der Waals surface area (Å²) in [5.74, 6) is -0.776. The Kier molecular flexibility index (Phi) is 4.27. The van der Waals surface area contributed by atoms with E-state index in [-0.39, 0.29) is 22.7 Å². The fraction of sp³-hybridized carbons (Fsp3) is 0.412. The molecule has 1 aromatic heterocycles. The molecule has 2 atom stereocenters. The minimum absolute atomic E-state index is 0.0512. The van der Waals surface area contributed by atoms with Crippen LogP contribution in [0.1, 0.15) is 30.0 Å². The van der Waals surface area contributed by atoms with Crippen LogP contribution in [-0.4, -0.2) is 39.0 Å². The van der Waals surface area contributed by atoms with Crippen LogP contribution in [0.25, 0.3) is 5.69 Å². The first-order valence-electron chi connectivity index (χ1n) is 8.23. The zero-order chi connectivity index (χ0) is 18.5. The van der Waals surface area contributed by atoms with E-state index < -0.39 is 17.7 Å². The van der Waals surface area contributed by atoms with Gasteiger partial charge in [0.2, 0.25) is 0 Å². The first-order chi connectivity index (χ1) is 12.4. The fourth-order valence-corrected chi connectivity index (χ4v) is 4.02. The van der Waals surface area contributed by atoms with Crippen LogP contribution in [0.2, 0.25) is 5.02 Å². The molecule has 4 rings (SSSR count). The van der Waals surface area contributed by atoms with E-state index in [0.29, 0.717) is 12.0 Å². The topological polar surface area (TPSA) is 34.0 Å². The van der Waals surface area contributed by atoms with Gasteiger partial charge in [0.25, 0.3) is 0 Å². The molecule has 2 aliphatic rings. The Balaban J connectivity index is 1.81. The Morgan fingerprint density at radius 3 is 2.73 bits per heavy atom. The normalized spacial score (nSPS) is 23.4. The molecule has 0 bridgehead atoms. The second-order valence-electron chi connectivity index (χ2n) is 6.50. The predicted octanol–water partition coefficient (Wildman–Crippen LogP) is 4.20. The lowest BCUT2D eigenvalue weighted by Gasteiger charge is -2.30. The number of alkyl halides is 3. The van der Waals surface area contributed by atoms with E-state index >= 15 is 0 Å². The summed E-state index contributed by atoms with van der Waals surface area (Å²) in [6.45, 7) is 1.59. The maximum Gasteiger partial charge on any atom is 0.436 e. The highest BCUT2D eigenvalue weighted by Gasteiger charge is 2.39. The lowest BCUT2D eigenvalue weighted by molar-refractivity contribution is -0.141. The molecule has 0 aliphatic carbocycles. The molecule has 9 heteroatoms. The van der Waals surface area contributed by atoms with Crippen LogP contribution >= 0.6 is 11.6 Å². The fourth-order valence-electron chi connectivity index (χ4n) is 3.86. The van der Waals surface area contributed by atoms with Gasteiger partial charge in [-0.3, -0.25) is 4.90 Å². The standard InChI is InChI=1S/C17H15ClF4N4/c18-11-4-5-13(26-9-14(23-24-26)17(20,21)22)15(16(11)19)10-6-8-25-7-2-1-3-12(10)25/h1-2,4-5,9-10,12H,3,6-8H2. The maximum atomic E-state index is 14.9. The van der Waals surface area contributed by atoms with Gasteiger partial charge in [-0.1, -0.05) is 29.0 Å².